The first-order valence-electron chi connectivity index (χ1n) is 14.5. The summed E-state index contributed by atoms with van der Waals surface area (Å²) in [5.74, 6) is 0. The molecule has 6 aromatic carbocycles. The van der Waals surface area contributed by atoms with Gasteiger partial charge in [-0.1, -0.05) is 54.6 Å². The van der Waals surface area contributed by atoms with Crippen molar-refractivity contribution >= 4 is 49.4 Å². The van der Waals surface area contributed by atoms with Gasteiger partial charge in [0, 0.05) is 43.9 Å². The molecule has 0 unspecified atom stereocenters. The second-order valence-corrected chi connectivity index (χ2v) is 11.0. The van der Waals surface area contributed by atoms with E-state index in [4.69, 9.17) is 11.0 Å². The van der Waals surface area contributed by atoms with Crippen molar-refractivity contribution in [2.75, 3.05) is 0 Å². The summed E-state index contributed by atoms with van der Waals surface area (Å²) in [5, 5.41) is 33.7. The number of para-hydroxylation sites is 1. The molecule has 2 heterocycles. The van der Waals surface area contributed by atoms with Crippen LogP contribution in [0.3, 0.4) is 0 Å². The van der Waals surface area contributed by atoms with E-state index in [-0.39, 0.29) is 0 Å². The number of nitriles is 3. The van der Waals surface area contributed by atoms with Crippen LogP contribution in [0.4, 0.5) is 5.69 Å². The zero-order valence-electron chi connectivity index (χ0n) is 24.1. The normalized spacial score (nSPS) is 11.0. The van der Waals surface area contributed by atoms with Gasteiger partial charge in [-0.05, 0) is 71.8 Å². The van der Waals surface area contributed by atoms with E-state index < -0.39 is 0 Å². The monoisotopic (exact) mass is 585 g/mol. The lowest BCUT2D eigenvalue weighted by Crippen LogP contribution is -1.95. The van der Waals surface area contributed by atoms with Crippen molar-refractivity contribution in [3.8, 4) is 46.1 Å². The number of rotatable bonds is 3. The van der Waals surface area contributed by atoms with Gasteiger partial charge in [0.15, 0.2) is 5.69 Å². The highest BCUT2D eigenvalue weighted by atomic mass is 16.3. The van der Waals surface area contributed by atoms with Crippen LogP contribution in [0.1, 0.15) is 16.7 Å². The number of hydrogen-bond donors (Lipinski definition) is 0. The predicted molar refractivity (Wildman–Crippen MR) is 179 cm³/mol. The summed E-state index contributed by atoms with van der Waals surface area (Å²) >= 11 is 0. The van der Waals surface area contributed by atoms with Gasteiger partial charge in [-0.2, -0.15) is 15.8 Å². The molecule has 0 radical (unpaired) electrons. The Labute approximate surface area is 263 Å². The summed E-state index contributed by atoms with van der Waals surface area (Å²) in [6, 6.07) is 43.2. The summed E-state index contributed by atoms with van der Waals surface area (Å²) < 4.78 is 8.29. The molecule has 0 spiro atoms. The first kappa shape index (κ1) is 26.5. The molecule has 0 fully saturated rings. The molecule has 210 valence electrons. The lowest BCUT2D eigenvalue weighted by Gasteiger charge is -2.11. The Hall–Kier alpha value is -7.12. The van der Waals surface area contributed by atoms with Crippen molar-refractivity contribution in [1.82, 2.24) is 4.57 Å². The van der Waals surface area contributed by atoms with Gasteiger partial charge in [0.25, 0.3) is 0 Å². The van der Waals surface area contributed by atoms with Crippen LogP contribution in [0.15, 0.2) is 120 Å². The van der Waals surface area contributed by atoms with Crippen LogP contribution in [0.2, 0.25) is 0 Å². The second kappa shape index (κ2) is 10.3. The smallest absolute Gasteiger partial charge is 0.196 e. The number of benzene rings is 6. The van der Waals surface area contributed by atoms with E-state index in [9.17, 15) is 15.8 Å². The SMILES string of the molecule is [C-]#[N+]c1cccc(C#N)c1-c1ccc2c(c1)c1ccc(-c3c(C#N)cccc3C#N)cc1n2-c1ccc2oc3ccccc3c2c1. The van der Waals surface area contributed by atoms with Crippen molar-refractivity contribution in [3.05, 3.63) is 143 Å². The summed E-state index contributed by atoms with van der Waals surface area (Å²) in [4.78, 5) is 3.71. The molecule has 0 saturated carbocycles. The minimum absolute atomic E-state index is 0.416. The van der Waals surface area contributed by atoms with Crippen LogP contribution in [-0.2, 0) is 0 Å². The summed E-state index contributed by atoms with van der Waals surface area (Å²) in [6.45, 7) is 7.76. The summed E-state index contributed by atoms with van der Waals surface area (Å²) in [6.07, 6.45) is 0. The molecular weight excluding hydrogens is 566 g/mol. The van der Waals surface area contributed by atoms with Crippen molar-refractivity contribution < 1.29 is 4.42 Å². The predicted octanol–water partition coefficient (Wildman–Crippen LogP) is 10.2. The van der Waals surface area contributed by atoms with Crippen LogP contribution < -0.4 is 0 Å². The molecule has 2 aromatic heterocycles. The second-order valence-electron chi connectivity index (χ2n) is 11.0. The molecule has 0 aliphatic carbocycles. The fraction of sp³-hybridized carbons (Fsp3) is 0. The van der Waals surface area contributed by atoms with Crippen LogP contribution in [0, 0.1) is 40.6 Å². The van der Waals surface area contributed by atoms with Crippen LogP contribution in [0.25, 0.3) is 76.5 Å². The van der Waals surface area contributed by atoms with Crippen LogP contribution in [0.5, 0.6) is 0 Å². The summed E-state index contributed by atoms with van der Waals surface area (Å²) in [5.41, 5.74) is 8.75. The van der Waals surface area contributed by atoms with Gasteiger partial charge in [0.05, 0.1) is 46.9 Å². The van der Waals surface area contributed by atoms with E-state index in [0.29, 0.717) is 33.5 Å². The third kappa shape index (κ3) is 3.86. The van der Waals surface area contributed by atoms with Gasteiger partial charge in [-0.3, -0.25) is 0 Å². The fourth-order valence-corrected chi connectivity index (χ4v) is 6.54. The van der Waals surface area contributed by atoms with Crippen molar-refractivity contribution in [3.63, 3.8) is 0 Å². The molecule has 6 nitrogen and oxygen atoms in total. The topological polar surface area (TPSA) is 93.8 Å². The number of aromatic nitrogens is 1. The molecule has 0 aliphatic heterocycles. The molecule has 6 heteroatoms. The van der Waals surface area contributed by atoms with E-state index in [1.165, 1.54) is 0 Å². The minimum Gasteiger partial charge on any atom is -0.456 e. The first-order valence-corrected chi connectivity index (χ1v) is 14.5. The quantitative estimate of drug-likeness (QED) is 0.193. The third-order valence-electron chi connectivity index (χ3n) is 8.55. The zero-order valence-corrected chi connectivity index (χ0v) is 24.1. The van der Waals surface area contributed by atoms with E-state index in [0.717, 1.165) is 60.6 Å². The van der Waals surface area contributed by atoms with Crippen molar-refractivity contribution in [2.24, 2.45) is 0 Å². The maximum Gasteiger partial charge on any atom is 0.196 e. The number of nitrogens with zero attached hydrogens (tertiary/aromatic N) is 5. The van der Waals surface area contributed by atoms with Gasteiger partial charge in [0.2, 0.25) is 0 Å². The van der Waals surface area contributed by atoms with Gasteiger partial charge in [-0.15, -0.1) is 0 Å². The number of fused-ring (bicyclic) bond motifs is 6. The van der Waals surface area contributed by atoms with Gasteiger partial charge in [-0.25, -0.2) is 4.85 Å². The largest absolute Gasteiger partial charge is 0.456 e. The van der Waals surface area contributed by atoms with E-state index in [1.807, 2.05) is 72.8 Å². The molecule has 0 saturated heterocycles. The molecule has 0 atom stereocenters. The lowest BCUT2D eigenvalue weighted by atomic mass is 9.94. The maximum absolute atomic E-state index is 9.93. The molecule has 0 aliphatic rings. The van der Waals surface area contributed by atoms with Crippen molar-refractivity contribution in [1.29, 1.82) is 15.8 Å². The Balaban J connectivity index is 1.47. The van der Waals surface area contributed by atoms with Gasteiger partial charge in [0.1, 0.15) is 11.2 Å². The maximum atomic E-state index is 9.93. The Morgan fingerprint density at radius 2 is 1.22 bits per heavy atom. The highest BCUT2D eigenvalue weighted by molar-refractivity contribution is 6.13. The molecular formula is C40H19N5O. The Morgan fingerprint density at radius 1 is 0.543 bits per heavy atom. The average molecular weight is 586 g/mol. The molecule has 0 amide bonds. The lowest BCUT2D eigenvalue weighted by molar-refractivity contribution is 0.669. The Bertz CT molecular complexity index is 2690. The fourth-order valence-electron chi connectivity index (χ4n) is 6.54. The molecule has 8 rings (SSSR count). The van der Waals surface area contributed by atoms with Gasteiger partial charge < -0.3 is 8.98 Å². The molecule has 46 heavy (non-hydrogen) atoms. The first-order chi connectivity index (χ1) is 22.6. The molecule has 8 aromatic rings. The standard InChI is InChI=1S/C40H19N5O/c1-44-34-10-5-8-28(23-43)40(34)24-13-16-35-32(18-24)30-15-12-25(39-26(21-41)6-4-7-27(39)22-42)19-36(30)45(35)29-14-17-38-33(20-29)31-9-2-3-11-37(31)46-38/h2-20H. The Kier molecular flexibility index (Phi) is 5.91. The third-order valence-corrected chi connectivity index (χ3v) is 8.55. The molecule has 0 N–H and O–H groups in total. The van der Waals surface area contributed by atoms with E-state index >= 15 is 0 Å². The van der Waals surface area contributed by atoms with E-state index in [1.54, 1.807) is 36.4 Å². The number of hydrogen-bond acceptors (Lipinski definition) is 4. The molecule has 0 bridgehead atoms. The van der Waals surface area contributed by atoms with Crippen LogP contribution in [-0.4, -0.2) is 4.57 Å². The average Bonchev–Trinajstić information content (AvgIpc) is 3.65. The van der Waals surface area contributed by atoms with Gasteiger partial charge >= 0.3 is 0 Å². The minimum atomic E-state index is 0.416. The zero-order chi connectivity index (χ0) is 31.4. The Morgan fingerprint density at radius 3 is 1.98 bits per heavy atom. The van der Waals surface area contributed by atoms with Crippen LogP contribution >= 0.6 is 0 Å². The number of furan rings is 1. The highest BCUT2D eigenvalue weighted by Gasteiger charge is 2.19. The highest BCUT2D eigenvalue weighted by Crippen LogP contribution is 2.41. The van der Waals surface area contributed by atoms with E-state index in [2.05, 4.69) is 33.7 Å². The summed E-state index contributed by atoms with van der Waals surface area (Å²) in [7, 11) is 0. The van der Waals surface area contributed by atoms with Crippen molar-refractivity contribution in [2.45, 2.75) is 0 Å².